The Labute approximate surface area is 108 Å². The monoisotopic (exact) mass is 243 g/mol. The first-order valence-corrected chi connectivity index (χ1v) is 6.71. The van der Waals surface area contributed by atoms with E-state index in [-0.39, 0.29) is 11.0 Å². The molecule has 2 aromatic rings. The highest BCUT2D eigenvalue weighted by atomic mass is 16.6. The second kappa shape index (κ2) is 3.86. The highest BCUT2D eigenvalue weighted by molar-refractivity contribution is 5.83. The Balaban J connectivity index is 1.78. The zero-order valence-corrected chi connectivity index (χ0v) is 11.4. The maximum atomic E-state index is 5.76. The van der Waals surface area contributed by atoms with Crippen LogP contribution in [0.4, 0.5) is 0 Å². The molecule has 18 heavy (non-hydrogen) atoms. The van der Waals surface area contributed by atoms with E-state index >= 15 is 0 Å². The second-order valence-corrected chi connectivity index (χ2v) is 6.39. The van der Waals surface area contributed by atoms with Crippen LogP contribution in [0.25, 0.3) is 10.9 Å². The highest BCUT2D eigenvalue weighted by Gasteiger charge is 2.53. The number of ether oxygens (including phenoxy) is 1. The summed E-state index contributed by atoms with van der Waals surface area (Å²) in [5.41, 5.74) is 2.98. The molecule has 1 aliphatic heterocycles. The second-order valence-electron chi connectivity index (χ2n) is 6.39. The third kappa shape index (κ3) is 1.85. The van der Waals surface area contributed by atoms with E-state index in [1.165, 1.54) is 16.5 Å². The lowest BCUT2D eigenvalue weighted by Crippen LogP contribution is -2.30. The predicted molar refractivity (Wildman–Crippen MR) is 74.8 cm³/mol. The van der Waals surface area contributed by atoms with Crippen LogP contribution < -0.4 is 0 Å². The standard InChI is InChI=1S/C16H21NO/c1-15(2,3)16(11-18-16)9-8-12-10-17-14-7-5-4-6-13(12)14/h4-7,10,17H,8-9,11H2,1-3H3. The van der Waals surface area contributed by atoms with E-state index in [9.17, 15) is 0 Å². The number of H-pyrrole nitrogens is 1. The minimum atomic E-state index is 0.103. The molecule has 2 heteroatoms. The van der Waals surface area contributed by atoms with Crippen LogP contribution in [-0.2, 0) is 11.2 Å². The summed E-state index contributed by atoms with van der Waals surface area (Å²) in [4.78, 5) is 3.34. The van der Waals surface area contributed by atoms with Gasteiger partial charge in [-0.1, -0.05) is 39.0 Å². The van der Waals surface area contributed by atoms with E-state index in [0.29, 0.717) is 0 Å². The van der Waals surface area contributed by atoms with Crippen LogP contribution >= 0.6 is 0 Å². The molecule has 0 aliphatic carbocycles. The van der Waals surface area contributed by atoms with Crippen molar-refractivity contribution in [3.05, 3.63) is 36.0 Å². The molecule has 1 atom stereocenters. The lowest BCUT2D eigenvalue weighted by molar-refractivity contribution is 0.145. The van der Waals surface area contributed by atoms with Crippen LogP contribution in [0.2, 0.25) is 0 Å². The van der Waals surface area contributed by atoms with Gasteiger partial charge >= 0.3 is 0 Å². The summed E-state index contributed by atoms with van der Waals surface area (Å²) in [6.07, 6.45) is 4.34. The van der Waals surface area contributed by atoms with E-state index in [4.69, 9.17) is 4.74 Å². The van der Waals surface area contributed by atoms with Gasteiger partial charge in [0, 0.05) is 17.1 Å². The molecule has 1 aromatic heterocycles. The number of aromatic nitrogens is 1. The number of hydrogen-bond acceptors (Lipinski definition) is 1. The van der Waals surface area contributed by atoms with Crippen molar-refractivity contribution in [1.29, 1.82) is 0 Å². The van der Waals surface area contributed by atoms with Gasteiger partial charge in [0.2, 0.25) is 0 Å². The summed E-state index contributed by atoms with van der Waals surface area (Å²) in [5.74, 6) is 0. The minimum Gasteiger partial charge on any atom is -0.369 e. The van der Waals surface area contributed by atoms with Gasteiger partial charge in [0.25, 0.3) is 0 Å². The molecular formula is C16H21NO. The first-order chi connectivity index (χ1) is 8.52. The zero-order valence-electron chi connectivity index (χ0n) is 11.4. The SMILES string of the molecule is CC(C)(C)C1(CCc2c[nH]c3ccccc23)CO1. The molecule has 1 aliphatic rings. The Kier molecular flexibility index (Phi) is 2.53. The fourth-order valence-electron chi connectivity index (χ4n) is 2.71. The van der Waals surface area contributed by atoms with Gasteiger partial charge in [-0.05, 0) is 29.9 Å². The first kappa shape index (κ1) is 11.8. The number of rotatable bonds is 3. The molecule has 1 N–H and O–H groups in total. The van der Waals surface area contributed by atoms with E-state index < -0.39 is 0 Å². The summed E-state index contributed by atoms with van der Waals surface area (Å²) >= 11 is 0. The van der Waals surface area contributed by atoms with Gasteiger partial charge in [0.15, 0.2) is 0 Å². The molecule has 2 heterocycles. The topological polar surface area (TPSA) is 28.3 Å². The molecule has 1 unspecified atom stereocenters. The Hall–Kier alpha value is -1.28. The summed E-state index contributed by atoms with van der Waals surface area (Å²) in [5, 5.41) is 1.35. The molecule has 0 saturated carbocycles. The molecule has 96 valence electrons. The number of hydrogen-bond donors (Lipinski definition) is 1. The van der Waals surface area contributed by atoms with Crippen molar-refractivity contribution in [3.63, 3.8) is 0 Å². The summed E-state index contributed by atoms with van der Waals surface area (Å²) in [6.45, 7) is 7.73. The smallest absolute Gasteiger partial charge is 0.0967 e. The fraction of sp³-hybridized carbons (Fsp3) is 0.500. The Morgan fingerprint density at radius 2 is 2.00 bits per heavy atom. The van der Waals surface area contributed by atoms with Crippen molar-refractivity contribution in [2.24, 2.45) is 5.41 Å². The highest BCUT2D eigenvalue weighted by Crippen LogP contribution is 2.47. The van der Waals surface area contributed by atoms with E-state index in [2.05, 4.69) is 56.2 Å². The zero-order chi connectivity index (χ0) is 12.8. The van der Waals surface area contributed by atoms with Crippen molar-refractivity contribution in [3.8, 4) is 0 Å². The van der Waals surface area contributed by atoms with Crippen molar-refractivity contribution in [1.82, 2.24) is 4.98 Å². The maximum Gasteiger partial charge on any atom is 0.0967 e. The molecule has 0 amide bonds. The summed E-state index contributed by atoms with van der Waals surface area (Å²) in [7, 11) is 0. The third-order valence-electron chi connectivity index (χ3n) is 4.33. The van der Waals surface area contributed by atoms with Crippen LogP contribution in [-0.4, -0.2) is 17.2 Å². The van der Waals surface area contributed by atoms with Crippen LogP contribution in [0.5, 0.6) is 0 Å². The molecule has 2 nitrogen and oxygen atoms in total. The number of nitrogens with one attached hydrogen (secondary N) is 1. The Morgan fingerprint density at radius 1 is 1.28 bits per heavy atom. The number of aromatic amines is 1. The van der Waals surface area contributed by atoms with E-state index in [1.807, 2.05) is 0 Å². The van der Waals surface area contributed by atoms with Crippen molar-refractivity contribution >= 4 is 10.9 Å². The van der Waals surface area contributed by atoms with Crippen molar-refractivity contribution in [2.45, 2.75) is 39.2 Å². The number of fused-ring (bicyclic) bond motifs is 1. The third-order valence-corrected chi connectivity index (χ3v) is 4.33. The summed E-state index contributed by atoms with van der Waals surface area (Å²) < 4.78 is 5.76. The molecule has 0 radical (unpaired) electrons. The van der Waals surface area contributed by atoms with Crippen molar-refractivity contribution < 1.29 is 4.74 Å². The van der Waals surface area contributed by atoms with Gasteiger partial charge in [0.1, 0.15) is 0 Å². The van der Waals surface area contributed by atoms with Gasteiger partial charge in [0.05, 0.1) is 12.2 Å². The Morgan fingerprint density at radius 3 is 2.67 bits per heavy atom. The van der Waals surface area contributed by atoms with Gasteiger partial charge in [-0.2, -0.15) is 0 Å². The number of benzene rings is 1. The molecule has 1 fully saturated rings. The maximum absolute atomic E-state index is 5.76. The minimum absolute atomic E-state index is 0.103. The average Bonchev–Trinajstić information content (AvgIpc) is 3.02. The lowest BCUT2D eigenvalue weighted by atomic mass is 9.77. The quantitative estimate of drug-likeness (QED) is 0.813. The van der Waals surface area contributed by atoms with Crippen molar-refractivity contribution in [2.75, 3.05) is 6.61 Å². The molecule has 0 spiro atoms. The number of para-hydroxylation sites is 1. The normalized spacial score (nSPS) is 23.5. The van der Waals surface area contributed by atoms with Crippen LogP contribution in [0.1, 0.15) is 32.8 Å². The molecule has 3 rings (SSSR count). The number of aryl methyl sites for hydroxylation is 1. The molecule has 1 saturated heterocycles. The fourth-order valence-corrected chi connectivity index (χ4v) is 2.71. The van der Waals surface area contributed by atoms with Crippen LogP contribution in [0, 0.1) is 5.41 Å². The average molecular weight is 243 g/mol. The van der Waals surface area contributed by atoms with Gasteiger partial charge < -0.3 is 9.72 Å². The first-order valence-electron chi connectivity index (χ1n) is 6.71. The van der Waals surface area contributed by atoms with E-state index in [0.717, 1.165) is 19.4 Å². The largest absolute Gasteiger partial charge is 0.369 e. The lowest BCUT2D eigenvalue weighted by Gasteiger charge is -2.27. The molecule has 0 bridgehead atoms. The van der Waals surface area contributed by atoms with Gasteiger partial charge in [-0.25, -0.2) is 0 Å². The van der Waals surface area contributed by atoms with E-state index in [1.54, 1.807) is 0 Å². The molecular weight excluding hydrogens is 222 g/mol. The molecule has 1 aromatic carbocycles. The Bertz CT molecular complexity index is 558. The number of epoxide rings is 1. The predicted octanol–water partition coefficient (Wildman–Crippen LogP) is 3.92. The summed E-state index contributed by atoms with van der Waals surface area (Å²) in [6, 6.07) is 8.50. The van der Waals surface area contributed by atoms with Crippen LogP contribution in [0.3, 0.4) is 0 Å². The van der Waals surface area contributed by atoms with Gasteiger partial charge in [-0.3, -0.25) is 0 Å². The van der Waals surface area contributed by atoms with Gasteiger partial charge in [-0.15, -0.1) is 0 Å². The van der Waals surface area contributed by atoms with Crippen LogP contribution in [0.15, 0.2) is 30.5 Å².